The number of fused-ring (bicyclic) bond motifs is 2. The number of nitrogens with two attached hydrogens (primary N) is 1. The molecule has 0 saturated heterocycles. The van der Waals surface area contributed by atoms with Crippen molar-refractivity contribution >= 4 is 11.9 Å². The molecule has 3 unspecified atom stereocenters. The van der Waals surface area contributed by atoms with Crippen LogP contribution in [0.25, 0.3) is 5.69 Å². The van der Waals surface area contributed by atoms with E-state index < -0.39 is 0 Å². The number of rotatable bonds is 6. The number of aromatic nitrogens is 4. The third-order valence-corrected chi connectivity index (χ3v) is 6.18. The van der Waals surface area contributed by atoms with Gasteiger partial charge < -0.3 is 16.4 Å². The van der Waals surface area contributed by atoms with Crippen LogP contribution in [0.4, 0.5) is 5.95 Å². The van der Waals surface area contributed by atoms with Gasteiger partial charge in [-0.2, -0.15) is 4.68 Å². The molecule has 0 spiro atoms. The van der Waals surface area contributed by atoms with Crippen molar-refractivity contribution in [3.8, 4) is 5.69 Å². The van der Waals surface area contributed by atoms with E-state index in [1.54, 1.807) is 4.68 Å². The molecule has 2 saturated carbocycles. The summed E-state index contributed by atoms with van der Waals surface area (Å²) in [6, 6.07) is 9.78. The molecule has 1 aromatic heterocycles. The molecule has 1 heterocycles. The number of carbonyl (C=O) groups excluding carboxylic acids is 1. The Morgan fingerprint density at radius 1 is 1.25 bits per heavy atom. The standard InChI is InChI=1S/C20H29N7O/c1-2-17(22-20-24-25-26-27(20)16-9-4-3-5-10-16)19(28)23-18-13-7-6-8-14(18)12-15(21)11-13/h3-5,9-10,13-15,17-18H,2,6-8,11-12,21H2,1H3,(H,23,28)(H,22,24,26). The highest BCUT2D eigenvalue weighted by Gasteiger charge is 2.40. The van der Waals surface area contributed by atoms with Crippen molar-refractivity contribution in [1.29, 1.82) is 0 Å². The molecule has 0 aliphatic heterocycles. The first-order valence-corrected chi connectivity index (χ1v) is 10.3. The number of benzene rings is 1. The Morgan fingerprint density at radius 3 is 2.64 bits per heavy atom. The van der Waals surface area contributed by atoms with Crippen molar-refractivity contribution in [1.82, 2.24) is 25.5 Å². The highest BCUT2D eigenvalue weighted by atomic mass is 16.2. The van der Waals surface area contributed by atoms with Crippen LogP contribution in [-0.2, 0) is 4.79 Å². The monoisotopic (exact) mass is 383 g/mol. The minimum atomic E-state index is -0.384. The second-order valence-corrected chi connectivity index (χ2v) is 8.07. The fraction of sp³-hybridized carbons (Fsp3) is 0.600. The van der Waals surface area contributed by atoms with Gasteiger partial charge in [-0.15, -0.1) is 0 Å². The summed E-state index contributed by atoms with van der Waals surface area (Å²) in [5, 5.41) is 18.5. The molecule has 4 rings (SSSR count). The zero-order valence-corrected chi connectivity index (χ0v) is 16.3. The van der Waals surface area contributed by atoms with Crippen molar-refractivity contribution in [2.45, 2.75) is 63.6 Å². The van der Waals surface area contributed by atoms with E-state index >= 15 is 0 Å². The lowest BCUT2D eigenvalue weighted by Gasteiger charge is -2.45. The van der Waals surface area contributed by atoms with Crippen LogP contribution in [0.15, 0.2) is 30.3 Å². The van der Waals surface area contributed by atoms with Gasteiger partial charge in [0.25, 0.3) is 0 Å². The maximum absolute atomic E-state index is 13.0. The summed E-state index contributed by atoms with van der Waals surface area (Å²) >= 11 is 0. The highest BCUT2D eigenvalue weighted by Crippen LogP contribution is 2.39. The summed E-state index contributed by atoms with van der Waals surface area (Å²) in [6.07, 6.45) is 6.23. The molecule has 1 aromatic carbocycles. The average molecular weight is 384 g/mol. The summed E-state index contributed by atoms with van der Waals surface area (Å²) < 4.78 is 1.62. The molecule has 1 amide bonds. The van der Waals surface area contributed by atoms with E-state index in [0.717, 1.165) is 31.4 Å². The number of hydrogen-bond acceptors (Lipinski definition) is 6. The molecule has 150 valence electrons. The Kier molecular flexibility index (Phi) is 5.57. The fourth-order valence-corrected chi connectivity index (χ4v) is 4.82. The normalized spacial score (nSPS) is 27.8. The van der Waals surface area contributed by atoms with Crippen molar-refractivity contribution in [2.75, 3.05) is 5.32 Å². The van der Waals surface area contributed by atoms with E-state index in [1.807, 2.05) is 37.3 Å². The Balaban J connectivity index is 1.45. The van der Waals surface area contributed by atoms with Crippen molar-refractivity contribution < 1.29 is 4.79 Å². The van der Waals surface area contributed by atoms with E-state index in [4.69, 9.17) is 5.73 Å². The number of anilines is 1. The number of hydrogen-bond donors (Lipinski definition) is 3. The van der Waals surface area contributed by atoms with Crippen LogP contribution < -0.4 is 16.4 Å². The second-order valence-electron chi connectivity index (χ2n) is 8.07. The molecule has 8 heteroatoms. The number of amides is 1. The van der Waals surface area contributed by atoms with E-state index in [2.05, 4.69) is 26.2 Å². The zero-order valence-electron chi connectivity index (χ0n) is 16.3. The Hall–Kier alpha value is -2.48. The molecular formula is C20H29N7O. The van der Waals surface area contributed by atoms with E-state index in [1.165, 1.54) is 6.42 Å². The summed E-state index contributed by atoms with van der Waals surface area (Å²) in [5.41, 5.74) is 7.06. The average Bonchev–Trinajstić information content (AvgIpc) is 3.15. The molecule has 8 nitrogen and oxygen atoms in total. The SMILES string of the molecule is CCC(Nc1nnnn1-c1ccccc1)C(=O)NC1C2CCCC1CC(N)C2. The van der Waals surface area contributed by atoms with E-state index in [-0.39, 0.29) is 24.0 Å². The van der Waals surface area contributed by atoms with Crippen molar-refractivity contribution in [3.05, 3.63) is 30.3 Å². The van der Waals surface area contributed by atoms with Crippen LogP contribution in [0.5, 0.6) is 0 Å². The minimum absolute atomic E-state index is 0.0162. The van der Waals surface area contributed by atoms with Crippen LogP contribution in [0.3, 0.4) is 0 Å². The molecule has 2 bridgehead atoms. The molecule has 0 radical (unpaired) electrons. The fourth-order valence-electron chi connectivity index (χ4n) is 4.82. The van der Waals surface area contributed by atoms with Gasteiger partial charge in [-0.05, 0) is 66.5 Å². The molecule has 2 aliphatic carbocycles. The van der Waals surface area contributed by atoms with E-state index in [9.17, 15) is 4.79 Å². The van der Waals surface area contributed by atoms with Gasteiger partial charge in [0.05, 0.1) is 5.69 Å². The lowest BCUT2D eigenvalue weighted by Crippen LogP contribution is -2.56. The number of nitrogens with zero attached hydrogens (tertiary/aromatic N) is 4. The molecule has 28 heavy (non-hydrogen) atoms. The van der Waals surface area contributed by atoms with Gasteiger partial charge in [-0.3, -0.25) is 4.79 Å². The molecular weight excluding hydrogens is 354 g/mol. The van der Waals surface area contributed by atoms with Gasteiger partial charge >= 0.3 is 0 Å². The maximum Gasteiger partial charge on any atom is 0.248 e. The van der Waals surface area contributed by atoms with Gasteiger partial charge in [0.1, 0.15) is 6.04 Å². The van der Waals surface area contributed by atoms with Gasteiger partial charge in [0.2, 0.25) is 11.9 Å². The lowest BCUT2D eigenvalue weighted by molar-refractivity contribution is -0.124. The zero-order chi connectivity index (χ0) is 19.5. The first-order chi connectivity index (χ1) is 13.7. The van der Waals surface area contributed by atoms with Crippen LogP contribution in [0.1, 0.15) is 45.4 Å². The first kappa shape index (κ1) is 18.9. The van der Waals surface area contributed by atoms with Crippen LogP contribution in [0.2, 0.25) is 0 Å². The molecule has 2 aromatic rings. The largest absolute Gasteiger partial charge is 0.351 e. The Morgan fingerprint density at radius 2 is 1.96 bits per heavy atom. The number of nitrogens with one attached hydrogen (secondary N) is 2. The Bertz CT molecular complexity index is 779. The quantitative estimate of drug-likeness (QED) is 0.702. The predicted molar refractivity (Wildman–Crippen MR) is 107 cm³/mol. The molecule has 2 aliphatic rings. The van der Waals surface area contributed by atoms with Gasteiger partial charge in [0.15, 0.2) is 0 Å². The summed E-state index contributed by atoms with van der Waals surface area (Å²) in [7, 11) is 0. The van der Waals surface area contributed by atoms with Gasteiger partial charge in [-0.25, -0.2) is 0 Å². The van der Waals surface area contributed by atoms with Crippen LogP contribution in [-0.4, -0.2) is 44.2 Å². The van der Waals surface area contributed by atoms with Crippen molar-refractivity contribution in [2.24, 2.45) is 17.6 Å². The minimum Gasteiger partial charge on any atom is -0.351 e. The third-order valence-electron chi connectivity index (χ3n) is 6.18. The third kappa shape index (κ3) is 3.87. The summed E-state index contributed by atoms with van der Waals surface area (Å²) in [5.74, 6) is 1.48. The Labute approximate surface area is 165 Å². The smallest absolute Gasteiger partial charge is 0.248 e. The van der Waals surface area contributed by atoms with E-state index in [0.29, 0.717) is 24.2 Å². The van der Waals surface area contributed by atoms with Gasteiger partial charge in [-0.1, -0.05) is 36.6 Å². The number of carbonyl (C=O) groups is 1. The highest BCUT2D eigenvalue weighted by molar-refractivity contribution is 5.84. The van der Waals surface area contributed by atoms with Gasteiger partial charge in [0, 0.05) is 12.1 Å². The molecule has 3 atom stereocenters. The van der Waals surface area contributed by atoms with Crippen molar-refractivity contribution in [3.63, 3.8) is 0 Å². The second kappa shape index (κ2) is 8.26. The molecule has 4 N–H and O–H groups in total. The summed E-state index contributed by atoms with van der Waals surface area (Å²) in [4.78, 5) is 13.0. The molecule has 2 fully saturated rings. The van der Waals surface area contributed by atoms with Crippen LogP contribution in [0, 0.1) is 11.8 Å². The number of para-hydroxylation sites is 1. The topological polar surface area (TPSA) is 111 Å². The number of tetrazole rings is 1. The lowest BCUT2D eigenvalue weighted by atomic mass is 9.67. The predicted octanol–water partition coefficient (Wildman–Crippen LogP) is 1.87. The first-order valence-electron chi connectivity index (χ1n) is 10.3. The maximum atomic E-state index is 13.0. The summed E-state index contributed by atoms with van der Waals surface area (Å²) in [6.45, 7) is 1.99. The van der Waals surface area contributed by atoms with Crippen LogP contribution >= 0.6 is 0 Å².